The number of imidazole rings is 1. The van der Waals surface area contributed by atoms with Crippen LogP contribution < -0.4 is 5.73 Å². The number of hydrogen-bond acceptors (Lipinski definition) is 4. The Balaban J connectivity index is 1.99. The molecule has 0 saturated carbocycles. The maximum atomic E-state index is 12.3. The topological polar surface area (TPSA) is 101 Å². The molecule has 2 amide bonds. The van der Waals surface area contributed by atoms with Crippen LogP contribution in [-0.2, 0) is 14.3 Å². The Labute approximate surface area is 129 Å². The number of rotatable bonds is 6. The van der Waals surface area contributed by atoms with Crippen molar-refractivity contribution in [2.45, 2.75) is 31.3 Å². The summed E-state index contributed by atoms with van der Waals surface area (Å²) < 4.78 is 5.62. The van der Waals surface area contributed by atoms with Crippen molar-refractivity contribution < 1.29 is 14.3 Å². The van der Waals surface area contributed by atoms with E-state index in [0.29, 0.717) is 19.5 Å². The van der Waals surface area contributed by atoms with Gasteiger partial charge in [0.25, 0.3) is 0 Å². The Hall–Kier alpha value is -2.15. The van der Waals surface area contributed by atoms with Gasteiger partial charge in [0.15, 0.2) is 0 Å². The molecule has 0 radical (unpaired) electrons. The lowest BCUT2D eigenvalue weighted by atomic mass is 9.87. The fourth-order valence-electron chi connectivity index (χ4n) is 2.73. The van der Waals surface area contributed by atoms with E-state index in [0.717, 1.165) is 18.5 Å². The van der Waals surface area contributed by atoms with E-state index in [4.69, 9.17) is 10.5 Å². The molecule has 22 heavy (non-hydrogen) atoms. The third kappa shape index (κ3) is 4.17. The van der Waals surface area contributed by atoms with Crippen LogP contribution in [-0.4, -0.2) is 52.5 Å². The number of aromatic amines is 1. The first kappa shape index (κ1) is 16.2. The first-order valence-corrected chi connectivity index (χ1v) is 7.33. The first-order valence-electron chi connectivity index (χ1n) is 7.33. The molecule has 1 saturated heterocycles. The molecule has 3 N–H and O–H groups in total. The Kier molecular flexibility index (Phi) is 5.32. The summed E-state index contributed by atoms with van der Waals surface area (Å²) in [5.74, 6) is -0.422. The van der Waals surface area contributed by atoms with Gasteiger partial charge in [0.1, 0.15) is 0 Å². The monoisotopic (exact) mass is 306 g/mol. The number of ether oxygens (including phenoxy) is 1. The van der Waals surface area contributed by atoms with Gasteiger partial charge in [-0.1, -0.05) is 0 Å². The van der Waals surface area contributed by atoms with Crippen LogP contribution in [0.15, 0.2) is 18.6 Å². The van der Waals surface area contributed by atoms with Crippen LogP contribution in [0.25, 0.3) is 6.08 Å². The van der Waals surface area contributed by atoms with Gasteiger partial charge in [0.05, 0.1) is 23.8 Å². The molecule has 0 aromatic carbocycles. The van der Waals surface area contributed by atoms with Gasteiger partial charge in [-0.3, -0.25) is 9.59 Å². The van der Waals surface area contributed by atoms with Gasteiger partial charge in [-0.05, 0) is 25.3 Å². The first-order chi connectivity index (χ1) is 10.5. The van der Waals surface area contributed by atoms with E-state index in [1.807, 2.05) is 0 Å². The van der Waals surface area contributed by atoms with E-state index in [9.17, 15) is 9.59 Å². The van der Waals surface area contributed by atoms with E-state index in [-0.39, 0.29) is 18.2 Å². The standard InChI is InChI=1S/C15H22N4O3/c1-22-15(7-5-13(16)20)6-2-8-19(10-15)14(21)4-3-12-9-17-11-18-12/h3-4,9,11H,2,5-8,10H2,1H3,(H2,16,20)(H,17,18)/b4-3+/t15-/m1/s1. The lowest BCUT2D eigenvalue weighted by Gasteiger charge is -2.41. The van der Waals surface area contributed by atoms with E-state index in [2.05, 4.69) is 9.97 Å². The third-order valence-corrected chi connectivity index (χ3v) is 4.04. The van der Waals surface area contributed by atoms with Crippen LogP contribution in [0.4, 0.5) is 0 Å². The summed E-state index contributed by atoms with van der Waals surface area (Å²) in [6.45, 7) is 1.16. The number of methoxy groups -OCH3 is 1. The molecule has 0 aliphatic carbocycles. The molecule has 1 aromatic heterocycles. The van der Waals surface area contributed by atoms with Gasteiger partial charge in [-0.15, -0.1) is 0 Å². The van der Waals surface area contributed by atoms with Crippen LogP contribution in [0, 0.1) is 0 Å². The number of amides is 2. The van der Waals surface area contributed by atoms with Crippen LogP contribution in [0.1, 0.15) is 31.4 Å². The quantitative estimate of drug-likeness (QED) is 0.755. The maximum absolute atomic E-state index is 12.3. The molecule has 120 valence electrons. The molecule has 7 nitrogen and oxygen atoms in total. The van der Waals surface area contributed by atoms with Crippen molar-refractivity contribution in [1.82, 2.24) is 14.9 Å². The number of nitrogens with zero attached hydrogens (tertiary/aromatic N) is 2. The summed E-state index contributed by atoms with van der Waals surface area (Å²) in [6, 6.07) is 0. The predicted octanol–water partition coefficient (Wildman–Crippen LogP) is 0.696. The fraction of sp³-hybridized carbons (Fsp3) is 0.533. The lowest BCUT2D eigenvalue weighted by Crippen LogP contribution is -2.51. The minimum atomic E-state index is -0.481. The van der Waals surface area contributed by atoms with E-state index < -0.39 is 5.60 Å². The summed E-state index contributed by atoms with van der Waals surface area (Å²) >= 11 is 0. The summed E-state index contributed by atoms with van der Waals surface area (Å²) in [7, 11) is 1.62. The molecule has 1 aliphatic rings. The molecule has 0 unspecified atom stereocenters. The summed E-state index contributed by atoms with van der Waals surface area (Å²) in [4.78, 5) is 31.9. The Bertz CT molecular complexity index is 541. The van der Waals surface area contributed by atoms with Gasteiger partial charge in [0.2, 0.25) is 11.8 Å². The molecule has 7 heteroatoms. The van der Waals surface area contributed by atoms with Crippen LogP contribution in [0.3, 0.4) is 0 Å². The second kappa shape index (κ2) is 7.22. The summed E-state index contributed by atoms with van der Waals surface area (Å²) in [5.41, 5.74) is 5.52. The van der Waals surface area contributed by atoms with E-state index in [1.165, 1.54) is 6.08 Å². The molecule has 1 atom stereocenters. The number of H-pyrrole nitrogens is 1. The normalized spacial score (nSPS) is 22.1. The highest BCUT2D eigenvalue weighted by Crippen LogP contribution is 2.29. The SMILES string of the molecule is CO[C@@]1(CCC(N)=O)CCCN(C(=O)/C=C/c2cnc[nH]2)C1. The van der Waals surface area contributed by atoms with E-state index >= 15 is 0 Å². The van der Waals surface area contributed by atoms with Crippen LogP contribution >= 0.6 is 0 Å². The van der Waals surface area contributed by atoms with Crippen molar-refractivity contribution in [3.8, 4) is 0 Å². The average molecular weight is 306 g/mol. The fourth-order valence-corrected chi connectivity index (χ4v) is 2.73. The number of nitrogens with one attached hydrogen (secondary N) is 1. The molecular formula is C15H22N4O3. The van der Waals surface area contributed by atoms with Gasteiger partial charge < -0.3 is 20.4 Å². The van der Waals surface area contributed by atoms with Crippen molar-refractivity contribution in [3.63, 3.8) is 0 Å². The van der Waals surface area contributed by atoms with Gasteiger partial charge in [-0.25, -0.2) is 4.98 Å². The van der Waals surface area contributed by atoms with Gasteiger partial charge in [-0.2, -0.15) is 0 Å². The van der Waals surface area contributed by atoms with Gasteiger partial charge >= 0.3 is 0 Å². The van der Waals surface area contributed by atoms with E-state index in [1.54, 1.807) is 30.6 Å². The average Bonchev–Trinajstić information content (AvgIpc) is 3.04. The second-order valence-electron chi connectivity index (χ2n) is 5.56. The third-order valence-electron chi connectivity index (χ3n) is 4.04. The number of piperidine rings is 1. The van der Waals surface area contributed by atoms with Crippen molar-refractivity contribution in [2.75, 3.05) is 20.2 Å². The zero-order valence-corrected chi connectivity index (χ0v) is 12.7. The minimum absolute atomic E-state index is 0.0743. The van der Waals surface area contributed by atoms with Crippen LogP contribution in [0.2, 0.25) is 0 Å². The van der Waals surface area contributed by atoms with Crippen molar-refractivity contribution in [3.05, 3.63) is 24.3 Å². The zero-order chi connectivity index (χ0) is 16.0. The number of hydrogen-bond donors (Lipinski definition) is 2. The number of likely N-dealkylation sites (tertiary alicyclic amines) is 1. The largest absolute Gasteiger partial charge is 0.376 e. The Morgan fingerprint density at radius 2 is 2.41 bits per heavy atom. The molecule has 0 spiro atoms. The molecule has 1 aromatic rings. The molecule has 2 rings (SSSR count). The number of carbonyl (C=O) groups excluding carboxylic acids is 2. The molecule has 0 bridgehead atoms. The number of primary amides is 1. The minimum Gasteiger partial charge on any atom is -0.376 e. The predicted molar refractivity (Wildman–Crippen MR) is 81.6 cm³/mol. The molecule has 1 aliphatic heterocycles. The van der Waals surface area contributed by atoms with Crippen LogP contribution in [0.5, 0.6) is 0 Å². The number of nitrogens with two attached hydrogens (primary N) is 1. The highest BCUT2D eigenvalue weighted by atomic mass is 16.5. The Morgan fingerprint density at radius 3 is 3.05 bits per heavy atom. The summed E-state index contributed by atoms with van der Waals surface area (Å²) in [6.07, 6.45) is 8.89. The highest BCUT2D eigenvalue weighted by Gasteiger charge is 2.36. The second-order valence-corrected chi connectivity index (χ2v) is 5.56. The molecule has 2 heterocycles. The van der Waals surface area contributed by atoms with Crippen molar-refractivity contribution in [1.29, 1.82) is 0 Å². The lowest BCUT2D eigenvalue weighted by molar-refractivity contribution is -0.136. The highest BCUT2D eigenvalue weighted by molar-refractivity contribution is 5.91. The maximum Gasteiger partial charge on any atom is 0.246 e. The van der Waals surface area contributed by atoms with Gasteiger partial charge in [0, 0.05) is 32.7 Å². The zero-order valence-electron chi connectivity index (χ0n) is 12.7. The van der Waals surface area contributed by atoms with Crippen molar-refractivity contribution >= 4 is 17.9 Å². The molecular weight excluding hydrogens is 284 g/mol. The molecule has 1 fully saturated rings. The smallest absolute Gasteiger partial charge is 0.246 e. The number of carbonyl (C=O) groups is 2. The summed E-state index contributed by atoms with van der Waals surface area (Å²) in [5, 5.41) is 0. The Morgan fingerprint density at radius 1 is 1.59 bits per heavy atom. The van der Waals surface area contributed by atoms with Crippen molar-refractivity contribution in [2.24, 2.45) is 5.73 Å². The number of aromatic nitrogens is 2.